The van der Waals surface area contributed by atoms with Gasteiger partial charge in [0.1, 0.15) is 5.92 Å². The molecule has 1 atom stereocenters. The lowest BCUT2D eigenvalue weighted by Gasteiger charge is -2.32. The Bertz CT molecular complexity index is 943. The van der Waals surface area contributed by atoms with E-state index in [9.17, 15) is 9.59 Å². The summed E-state index contributed by atoms with van der Waals surface area (Å²) in [4.78, 5) is 32.0. The van der Waals surface area contributed by atoms with Gasteiger partial charge in [-0.3, -0.25) is 14.5 Å². The first-order valence-electron chi connectivity index (χ1n) is 10.8. The van der Waals surface area contributed by atoms with Gasteiger partial charge in [-0.1, -0.05) is 46.3 Å². The van der Waals surface area contributed by atoms with Gasteiger partial charge in [0.15, 0.2) is 0 Å². The molecule has 7 heteroatoms. The van der Waals surface area contributed by atoms with Crippen LogP contribution in [0.4, 0.5) is 5.69 Å². The van der Waals surface area contributed by atoms with Crippen molar-refractivity contribution in [3.05, 3.63) is 64.1 Å². The van der Waals surface area contributed by atoms with Gasteiger partial charge in [-0.25, -0.2) is 0 Å². The number of likely N-dealkylation sites (N-methyl/N-ethyl adjacent to an activating group) is 1. The summed E-state index contributed by atoms with van der Waals surface area (Å²) >= 11 is 3.44. The molecule has 0 radical (unpaired) electrons. The molecule has 0 aliphatic carbocycles. The molecular weight excluding hydrogens is 456 g/mol. The van der Waals surface area contributed by atoms with E-state index in [-0.39, 0.29) is 11.8 Å². The second-order valence-corrected chi connectivity index (χ2v) is 9.34. The smallest absolute Gasteiger partial charge is 0.239 e. The molecule has 2 fully saturated rings. The first kappa shape index (κ1) is 22.0. The molecule has 2 amide bonds. The minimum absolute atomic E-state index is 0.126. The fraction of sp³-hybridized carbons (Fsp3) is 0.417. The van der Waals surface area contributed by atoms with Crippen LogP contribution in [0.1, 0.15) is 17.5 Å². The van der Waals surface area contributed by atoms with Crippen LogP contribution < -0.4 is 10.2 Å². The molecule has 31 heavy (non-hydrogen) atoms. The van der Waals surface area contributed by atoms with Crippen molar-refractivity contribution >= 4 is 33.4 Å². The summed E-state index contributed by atoms with van der Waals surface area (Å²) in [5.41, 5.74) is 3.15. The number of piperazine rings is 1. The topological polar surface area (TPSA) is 55.9 Å². The molecule has 0 saturated carbocycles. The molecule has 6 nitrogen and oxygen atoms in total. The van der Waals surface area contributed by atoms with Gasteiger partial charge in [-0.15, -0.1) is 0 Å². The highest BCUT2D eigenvalue weighted by Gasteiger charge is 2.37. The average Bonchev–Trinajstić information content (AvgIpc) is 3.15. The van der Waals surface area contributed by atoms with Crippen LogP contribution in [0.25, 0.3) is 0 Å². The number of rotatable bonds is 6. The zero-order valence-electron chi connectivity index (χ0n) is 17.9. The molecule has 1 N–H and O–H groups in total. The number of amides is 2. The van der Waals surface area contributed by atoms with E-state index in [0.29, 0.717) is 19.5 Å². The molecule has 0 spiro atoms. The van der Waals surface area contributed by atoms with E-state index in [1.165, 1.54) is 5.56 Å². The van der Waals surface area contributed by atoms with E-state index in [4.69, 9.17) is 0 Å². The molecule has 2 aromatic carbocycles. The first-order valence-corrected chi connectivity index (χ1v) is 11.6. The summed E-state index contributed by atoms with van der Waals surface area (Å²) in [7, 11) is 2.16. The fourth-order valence-corrected chi connectivity index (χ4v) is 4.63. The summed E-state index contributed by atoms with van der Waals surface area (Å²) in [6, 6.07) is 16.0. The van der Waals surface area contributed by atoms with Gasteiger partial charge in [0.05, 0.1) is 0 Å². The van der Waals surface area contributed by atoms with Gasteiger partial charge < -0.3 is 15.1 Å². The Morgan fingerprint density at radius 1 is 1.03 bits per heavy atom. The summed E-state index contributed by atoms with van der Waals surface area (Å²) in [6.07, 6.45) is 0.542. The Morgan fingerprint density at radius 2 is 1.77 bits per heavy atom. The van der Waals surface area contributed by atoms with Crippen LogP contribution >= 0.6 is 15.9 Å². The first-order chi connectivity index (χ1) is 15.0. The second kappa shape index (κ2) is 9.94. The van der Waals surface area contributed by atoms with Gasteiger partial charge in [0.25, 0.3) is 0 Å². The van der Waals surface area contributed by atoms with Crippen molar-refractivity contribution in [1.82, 2.24) is 15.1 Å². The Hall–Kier alpha value is -2.22. The molecule has 2 heterocycles. The van der Waals surface area contributed by atoms with Gasteiger partial charge in [-0.2, -0.15) is 0 Å². The predicted molar refractivity (Wildman–Crippen MR) is 126 cm³/mol. The third kappa shape index (κ3) is 5.53. The number of carbonyl (C=O) groups excluding carboxylic acids is 2. The normalized spacial score (nSPS) is 20.3. The third-order valence-electron chi connectivity index (χ3n) is 6.10. The van der Waals surface area contributed by atoms with Gasteiger partial charge in [0, 0.05) is 56.0 Å². The molecule has 2 aliphatic rings. The van der Waals surface area contributed by atoms with Crippen LogP contribution in [0.2, 0.25) is 0 Å². The summed E-state index contributed by atoms with van der Waals surface area (Å²) in [5.74, 6) is -0.932. The largest absolute Gasteiger partial charge is 0.351 e. The average molecular weight is 485 g/mol. The lowest BCUT2D eigenvalue weighted by Crippen LogP contribution is -2.43. The van der Waals surface area contributed by atoms with Gasteiger partial charge in [0.2, 0.25) is 11.8 Å². The lowest BCUT2D eigenvalue weighted by atomic mass is 10.1. The van der Waals surface area contributed by atoms with Crippen molar-refractivity contribution in [3.8, 4) is 0 Å². The Labute approximate surface area is 192 Å². The number of halogens is 1. The highest BCUT2D eigenvalue weighted by atomic mass is 79.9. The maximum absolute atomic E-state index is 12.8. The van der Waals surface area contributed by atoms with Crippen molar-refractivity contribution in [2.24, 2.45) is 5.92 Å². The highest BCUT2D eigenvalue weighted by Crippen LogP contribution is 2.27. The maximum atomic E-state index is 12.8. The van der Waals surface area contributed by atoms with E-state index in [1.807, 2.05) is 36.4 Å². The van der Waals surface area contributed by atoms with Crippen molar-refractivity contribution in [2.75, 3.05) is 44.7 Å². The van der Waals surface area contributed by atoms with Crippen molar-refractivity contribution in [1.29, 1.82) is 0 Å². The second-order valence-electron chi connectivity index (χ2n) is 8.43. The third-order valence-corrected chi connectivity index (χ3v) is 6.60. The van der Waals surface area contributed by atoms with Crippen LogP contribution in [-0.4, -0.2) is 61.4 Å². The molecule has 4 rings (SSSR count). The van der Waals surface area contributed by atoms with E-state index >= 15 is 0 Å². The van der Waals surface area contributed by atoms with Crippen molar-refractivity contribution in [2.45, 2.75) is 19.5 Å². The maximum Gasteiger partial charge on any atom is 0.239 e. The fourth-order valence-electron chi connectivity index (χ4n) is 4.24. The van der Waals surface area contributed by atoms with Crippen LogP contribution in [0.3, 0.4) is 0 Å². The zero-order valence-corrected chi connectivity index (χ0v) is 19.5. The number of hydrogen-bond donors (Lipinski definition) is 1. The minimum Gasteiger partial charge on any atom is -0.351 e. The number of benzene rings is 2. The molecule has 0 aromatic heterocycles. The molecule has 164 valence electrons. The van der Waals surface area contributed by atoms with E-state index in [1.54, 1.807) is 4.90 Å². The number of hydrogen-bond acceptors (Lipinski definition) is 4. The van der Waals surface area contributed by atoms with Gasteiger partial charge in [-0.05, 0) is 42.8 Å². The number of nitrogens with zero attached hydrogens (tertiary/aromatic N) is 3. The van der Waals surface area contributed by atoms with Gasteiger partial charge >= 0.3 is 0 Å². The zero-order chi connectivity index (χ0) is 21.8. The number of nitrogens with one attached hydrogen (secondary N) is 1. The quantitative estimate of drug-likeness (QED) is 0.640. The molecule has 1 unspecified atom stereocenters. The molecular formula is C24H29BrN4O2. The summed E-state index contributed by atoms with van der Waals surface area (Å²) < 4.78 is 0.919. The summed E-state index contributed by atoms with van der Waals surface area (Å²) in [5, 5.41) is 2.98. The molecule has 2 aliphatic heterocycles. The SMILES string of the molecule is CN1CCN(Cc2cccc(CNC(=O)C3CCN(c4cccc(Br)c4)C3=O)c2)CC1. The Morgan fingerprint density at radius 3 is 2.55 bits per heavy atom. The van der Waals surface area contributed by atoms with E-state index in [0.717, 1.165) is 48.4 Å². The number of anilines is 1. The van der Waals surface area contributed by atoms with E-state index in [2.05, 4.69) is 50.2 Å². The monoisotopic (exact) mass is 484 g/mol. The van der Waals surface area contributed by atoms with Crippen LogP contribution in [0.5, 0.6) is 0 Å². The standard InChI is InChI=1S/C24H29BrN4O2/c1-27-10-12-28(13-11-27)17-19-5-2-4-18(14-19)16-26-23(30)22-8-9-29(24(22)31)21-7-3-6-20(25)15-21/h2-7,14-15,22H,8-13,16-17H2,1H3,(H,26,30). The lowest BCUT2D eigenvalue weighted by molar-refractivity contribution is -0.132. The summed E-state index contributed by atoms with van der Waals surface area (Å²) in [6.45, 7) is 6.29. The van der Waals surface area contributed by atoms with Crippen molar-refractivity contribution in [3.63, 3.8) is 0 Å². The Kier molecular flexibility index (Phi) is 7.05. The molecule has 2 saturated heterocycles. The Balaban J connectivity index is 1.31. The van der Waals surface area contributed by atoms with Crippen molar-refractivity contribution < 1.29 is 9.59 Å². The number of carbonyl (C=O) groups is 2. The highest BCUT2D eigenvalue weighted by molar-refractivity contribution is 9.10. The molecule has 2 aromatic rings. The minimum atomic E-state index is -0.618. The van der Waals surface area contributed by atoms with Crippen LogP contribution in [-0.2, 0) is 22.7 Å². The van der Waals surface area contributed by atoms with E-state index < -0.39 is 5.92 Å². The predicted octanol–water partition coefficient (Wildman–Crippen LogP) is 2.87. The molecule has 0 bridgehead atoms. The van der Waals surface area contributed by atoms with Crippen LogP contribution in [0, 0.1) is 5.92 Å². The van der Waals surface area contributed by atoms with Crippen LogP contribution in [0.15, 0.2) is 53.0 Å².